The second-order valence-corrected chi connectivity index (χ2v) is 4.87. The standard InChI is InChI=1S/C17H18N2O/c1-12-7-9-15(10-8-12)17(20)19-18-14(3)16-6-4-5-13(2)11-16/h4-11H,1-3H3,(H,19,20). The molecule has 0 saturated heterocycles. The van der Waals surface area contributed by atoms with Crippen molar-refractivity contribution < 1.29 is 4.79 Å². The Kier molecular flexibility index (Phi) is 4.31. The summed E-state index contributed by atoms with van der Waals surface area (Å²) in [5.41, 5.74) is 7.28. The average Bonchev–Trinajstić information content (AvgIpc) is 2.45. The number of hydrazone groups is 1. The number of carbonyl (C=O) groups excluding carboxylic acids is 1. The number of aryl methyl sites for hydroxylation is 2. The zero-order valence-corrected chi connectivity index (χ0v) is 12.0. The quantitative estimate of drug-likeness (QED) is 0.671. The molecule has 1 N–H and O–H groups in total. The van der Waals surface area contributed by atoms with Crippen molar-refractivity contribution in [3.8, 4) is 0 Å². The van der Waals surface area contributed by atoms with Crippen LogP contribution in [0.15, 0.2) is 53.6 Å². The molecule has 102 valence electrons. The SMILES string of the molecule is CC(=NNC(=O)c1ccc(C)cc1)c1cccc(C)c1. The second-order valence-electron chi connectivity index (χ2n) is 4.87. The number of carbonyl (C=O) groups is 1. The van der Waals surface area contributed by atoms with Crippen molar-refractivity contribution in [3.05, 3.63) is 70.8 Å². The molecule has 1 amide bonds. The molecule has 0 bridgehead atoms. The van der Waals surface area contributed by atoms with Gasteiger partial charge in [0, 0.05) is 5.56 Å². The summed E-state index contributed by atoms with van der Waals surface area (Å²) < 4.78 is 0. The zero-order chi connectivity index (χ0) is 14.5. The Morgan fingerprint density at radius 3 is 2.30 bits per heavy atom. The lowest BCUT2D eigenvalue weighted by Crippen LogP contribution is -2.19. The molecule has 3 nitrogen and oxygen atoms in total. The zero-order valence-electron chi connectivity index (χ0n) is 12.0. The first-order valence-electron chi connectivity index (χ1n) is 6.54. The van der Waals surface area contributed by atoms with Crippen LogP contribution in [0, 0.1) is 13.8 Å². The minimum atomic E-state index is -0.197. The molecule has 2 aromatic carbocycles. The summed E-state index contributed by atoms with van der Waals surface area (Å²) in [5.74, 6) is -0.197. The van der Waals surface area contributed by atoms with E-state index < -0.39 is 0 Å². The molecule has 20 heavy (non-hydrogen) atoms. The van der Waals surface area contributed by atoms with Gasteiger partial charge in [0.25, 0.3) is 5.91 Å². The number of rotatable bonds is 3. The van der Waals surface area contributed by atoms with Crippen molar-refractivity contribution in [1.82, 2.24) is 5.43 Å². The fourth-order valence-corrected chi connectivity index (χ4v) is 1.84. The van der Waals surface area contributed by atoms with E-state index in [4.69, 9.17) is 0 Å². The van der Waals surface area contributed by atoms with Crippen LogP contribution in [-0.4, -0.2) is 11.6 Å². The minimum Gasteiger partial charge on any atom is -0.267 e. The monoisotopic (exact) mass is 266 g/mol. The number of benzene rings is 2. The van der Waals surface area contributed by atoms with Gasteiger partial charge in [-0.2, -0.15) is 5.10 Å². The van der Waals surface area contributed by atoms with Crippen LogP contribution < -0.4 is 5.43 Å². The van der Waals surface area contributed by atoms with Gasteiger partial charge in [-0.15, -0.1) is 0 Å². The van der Waals surface area contributed by atoms with Gasteiger partial charge in [-0.1, -0.05) is 47.5 Å². The molecule has 0 atom stereocenters. The topological polar surface area (TPSA) is 41.5 Å². The molecule has 0 unspecified atom stereocenters. The van der Waals surface area contributed by atoms with Crippen molar-refractivity contribution in [1.29, 1.82) is 0 Å². The molecule has 0 aromatic heterocycles. The first-order chi connectivity index (χ1) is 9.56. The van der Waals surface area contributed by atoms with Crippen LogP contribution in [0.2, 0.25) is 0 Å². The van der Waals surface area contributed by atoms with Crippen LogP contribution in [0.25, 0.3) is 0 Å². The summed E-state index contributed by atoms with van der Waals surface area (Å²) in [5, 5.41) is 4.15. The van der Waals surface area contributed by atoms with Crippen LogP contribution in [0.3, 0.4) is 0 Å². The lowest BCUT2D eigenvalue weighted by molar-refractivity contribution is 0.0955. The van der Waals surface area contributed by atoms with Crippen molar-refractivity contribution >= 4 is 11.6 Å². The molecule has 2 rings (SSSR count). The van der Waals surface area contributed by atoms with Crippen LogP contribution in [0.1, 0.15) is 34.0 Å². The van der Waals surface area contributed by atoms with E-state index in [1.54, 1.807) is 12.1 Å². The van der Waals surface area contributed by atoms with E-state index in [9.17, 15) is 4.79 Å². The molecule has 0 aliphatic rings. The third-order valence-corrected chi connectivity index (χ3v) is 3.07. The van der Waals surface area contributed by atoms with E-state index in [0.29, 0.717) is 5.56 Å². The summed E-state index contributed by atoms with van der Waals surface area (Å²) in [6, 6.07) is 15.4. The largest absolute Gasteiger partial charge is 0.271 e. The molecule has 3 heteroatoms. The van der Waals surface area contributed by atoms with Gasteiger partial charge in [0.05, 0.1) is 5.71 Å². The van der Waals surface area contributed by atoms with Crippen LogP contribution >= 0.6 is 0 Å². The highest BCUT2D eigenvalue weighted by atomic mass is 16.2. The van der Waals surface area contributed by atoms with Gasteiger partial charge in [-0.25, -0.2) is 5.43 Å². The van der Waals surface area contributed by atoms with Crippen molar-refractivity contribution in [3.63, 3.8) is 0 Å². The number of hydrogen-bond donors (Lipinski definition) is 1. The lowest BCUT2D eigenvalue weighted by atomic mass is 10.1. The van der Waals surface area contributed by atoms with E-state index in [1.165, 1.54) is 5.56 Å². The summed E-state index contributed by atoms with van der Waals surface area (Å²) in [4.78, 5) is 11.9. The Morgan fingerprint density at radius 1 is 0.950 bits per heavy atom. The smallest absolute Gasteiger partial charge is 0.267 e. The molecule has 0 heterocycles. The molecule has 0 spiro atoms. The van der Waals surface area contributed by atoms with E-state index in [-0.39, 0.29) is 5.91 Å². The number of amides is 1. The Bertz CT molecular complexity index is 642. The normalized spacial score (nSPS) is 11.2. The third kappa shape index (κ3) is 3.54. The minimum absolute atomic E-state index is 0.197. The fraction of sp³-hybridized carbons (Fsp3) is 0.176. The van der Waals surface area contributed by atoms with E-state index >= 15 is 0 Å². The Balaban J connectivity index is 2.08. The van der Waals surface area contributed by atoms with Gasteiger partial charge in [0.15, 0.2) is 0 Å². The van der Waals surface area contributed by atoms with Crippen LogP contribution in [0.5, 0.6) is 0 Å². The first kappa shape index (κ1) is 14.0. The number of hydrogen-bond acceptors (Lipinski definition) is 2. The van der Waals surface area contributed by atoms with Gasteiger partial charge in [-0.05, 0) is 38.5 Å². The maximum absolute atomic E-state index is 11.9. The predicted octanol–water partition coefficient (Wildman–Crippen LogP) is 3.46. The highest BCUT2D eigenvalue weighted by molar-refractivity contribution is 6.00. The second kappa shape index (κ2) is 6.15. The van der Waals surface area contributed by atoms with Crippen molar-refractivity contribution in [2.24, 2.45) is 5.10 Å². The molecule has 0 saturated carbocycles. The van der Waals surface area contributed by atoms with E-state index in [2.05, 4.69) is 10.5 Å². The molecular weight excluding hydrogens is 248 g/mol. The summed E-state index contributed by atoms with van der Waals surface area (Å²) >= 11 is 0. The summed E-state index contributed by atoms with van der Waals surface area (Å²) in [6.07, 6.45) is 0. The Hall–Kier alpha value is -2.42. The highest BCUT2D eigenvalue weighted by Gasteiger charge is 2.04. The average molecular weight is 266 g/mol. The van der Waals surface area contributed by atoms with Gasteiger partial charge in [0.1, 0.15) is 0 Å². The molecule has 0 fully saturated rings. The van der Waals surface area contributed by atoms with Gasteiger partial charge >= 0.3 is 0 Å². The number of nitrogens with zero attached hydrogens (tertiary/aromatic N) is 1. The molecule has 0 aliphatic carbocycles. The molecule has 0 aliphatic heterocycles. The van der Waals surface area contributed by atoms with Crippen LogP contribution in [-0.2, 0) is 0 Å². The fourth-order valence-electron chi connectivity index (χ4n) is 1.84. The lowest BCUT2D eigenvalue weighted by Gasteiger charge is -2.04. The van der Waals surface area contributed by atoms with E-state index in [0.717, 1.165) is 16.8 Å². The Labute approximate surface area is 119 Å². The van der Waals surface area contributed by atoms with Gasteiger partial charge in [0.2, 0.25) is 0 Å². The maximum Gasteiger partial charge on any atom is 0.271 e. The first-order valence-corrected chi connectivity index (χ1v) is 6.54. The molecule has 0 radical (unpaired) electrons. The van der Waals surface area contributed by atoms with Crippen molar-refractivity contribution in [2.45, 2.75) is 20.8 Å². The molecule has 2 aromatic rings. The predicted molar refractivity (Wildman–Crippen MR) is 82.0 cm³/mol. The Morgan fingerprint density at radius 2 is 1.65 bits per heavy atom. The van der Waals surface area contributed by atoms with E-state index in [1.807, 2.05) is 57.2 Å². The number of nitrogens with one attached hydrogen (secondary N) is 1. The summed E-state index contributed by atoms with van der Waals surface area (Å²) in [7, 11) is 0. The van der Waals surface area contributed by atoms with Crippen molar-refractivity contribution in [2.75, 3.05) is 0 Å². The van der Waals surface area contributed by atoms with Gasteiger partial charge in [-0.3, -0.25) is 4.79 Å². The third-order valence-electron chi connectivity index (χ3n) is 3.07. The molecular formula is C17H18N2O. The maximum atomic E-state index is 11.9. The van der Waals surface area contributed by atoms with Crippen LogP contribution in [0.4, 0.5) is 0 Å². The summed E-state index contributed by atoms with van der Waals surface area (Å²) in [6.45, 7) is 5.90. The van der Waals surface area contributed by atoms with Gasteiger partial charge < -0.3 is 0 Å². The highest BCUT2D eigenvalue weighted by Crippen LogP contribution is 2.06.